The van der Waals surface area contributed by atoms with Crippen LogP contribution in [0.25, 0.3) is 11.0 Å². The number of aryl methyl sites for hydroxylation is 1. The Hall–Kier alpha value is -1.62. The van der Waals surface area contributed by atoms with Crippen molar-refractivity contribution in [2.75, 3.05) is 11.9 Å². The van der Waals surface area contributed by atoms with Crippen molar-refractivity contribution in [2.24, 2.45) is 7.05 Å². The molecule has 0 bridgehead atoms. The molecule has 2 unspecified atom stereocenters. The first-order valence-electron chi connectivity index (χ1n) is 5.90. The van der Waals surface area contributed by atoms with E-state index in [2.05, 4.69) is 22.2 Å². The molecule has 1 fully saturated rings. The van der Waals surface area contributed by atoms with Crippen molar-refractivity contribution in [3.8, 4) is 0 Å². The zero-order valence-corrected chi connectivity index (χ0v) is 10.1. The van der Waals surface area contributed by atoms with Crippen LogP contribution in [0.5, 0.6) is 0 Å². The van der Waals surface area contributed by atoms with Gasteiger partial charge in [0.25, 0.3) is 0 Å². The summed E-state index contributed by atoms with van der Waals surface area (Å²) in [6.45, 7) is 2.90. The van der Waals surface area contributed by atoms with E-state index in [1.54, 1.807) is 0 Å². The highest BCUT2D eigenvalue weighted by molar-refractivity contribution is 5.85. The van der Waals surface area contributed by atoms with E-state index in [4.69, 9.17) is 4.74 Å². The number of aromatic nitrogens is 3. The molecular formula is C12H16N4O. The van der Waals surface area contributed by atoms with Gasteiger partial charge in [0.2, 0.25) is 0 Å². The smallest absolute Gasteiger partial charge is 0.154 e. The quantitative estimate of drug-likeness (QED) is 0.853. The lowest BCUT2D eigenvalue weighted by atomic mass is 10.1. The summed E-state index contributed by atoms with van der Waals surface area (Å²) >= 11 is 0. The lowest BCUT2D eigenvalue weighted by molar-refractivity contribution is 0.121. The number of anilines is 1. The van der Waals surface area contributed by atoms with Gasteiger partial charge in [-0.3, -0.25) is 0 Å². The summed E-state index contributed by atoms with van der Waals surface area (Å²) in [6.07, 6.45) is 4.88. The number of fused-ring (bicyclic) bond motifs is 1. The monoisotopic (exact) mass is 232 g/mol. The second kappa shape index (κ2) is 4.00. The molecule has 0 aromatic carbocycles. The summed E-state index contributed by atoms with van der Waals surface area (Å²) in [5.41, 5.74) is 2.02. The molecular weight excluding hydrogens is 216 g/mol. The number of rotatable bonds is 2. The zero-order valence-electron chi connectivity index (χ0n) is 10.1. The van der Waals surface area contributed by atoms with Gasteiger partial charge >= 0.3 is 0 Å². The first-order valence-corrected chi connectivity index (χ1v) is 5.90. The molecule has 2 aromatic heterocycles. The van der Waals surface area contributed by atoms with Crippen LogP contribution < -0.4 is 5.32 Å². The first kappa shape index (κ1) is 10.5. The highest BCUT2D eigenvalue weighted by atomic mass is 16.5. The molecule has 2 atom stereocenters. The Morgan fingerprint density at radius 3 is 3.12 bits per heavy atom. The number of pyridine rings is 1. The van der Waals surface area contributed by atoms with Crippen LogP contribution in [0.4, 0.5) is 5.82 Å². The number of imidazole rings is 1. The highest BCUT2D eigenvalue weighted by Gasteiger charge is 2.25. The molecule has 0 amide bonds. The van der Waals surface area contributed by atoms with Gasteiger partial charge < -0.3 is 14.6 Å². The Kier molecular flexibility index (Phi) is 2.48. The summed E-state index contributed by atoms with van der Waals surface area (Å²) in [4.78, 5) is 8.76. The van der Waals surface area contributed by atoms with Crippen molar-refractivity contribution in [3.05, 3.63) is 18.6 Å². The van der Waals surface area contributed by atoms with Crippen molar-refractivity contribution < 1.29 is 4.74 Å². The molecule has 90 valence electrons. The van der Waals surface area contributed by atoms with Crippen molar-refractivity contribution >= 4 is 16.9 Å². The SMILES string of the molecule is CC1OCCC1Nc1nccc2c1ncn2C. The van der Waals surface area contributed by atoms with Crippen molar-refractivity contribution in [1.29, 1.82) is 0 Å². The topological polar surface area (TPSA) is 52.0 Å². The molecule has 5 nitrogen and oxygen atoms in total. The highest BCUT2D eigenvalue weighted by Crippen LogP contribution is 2.23. The fraction of sp³-hybridized carbons (Fsp3) is 0.500. The lowest BCUT2D eigenvalue weighted by Crippen LogP contribution is -2.27. The molecule has 2 aromatic rings. The molecule has 1 aliphatic rings. The van der Waals surface area contributed by atoms with Crippen LogP contribution >= 0.6 is 0 Å². The molecule has 0 radical (unpaired) electrons. The number of hydrogen-bond acceptors (Lipinski definition) is 4. The van der Waals surface area contributed by atoms with Crippen LogP contribution in [0.1, 0.15) is 13.3 Å². The minimum atomic E-state index is 0.232. The van der Waals surface area contributed by atoms with E-state index in [0.29, 0.717) is 6.04 Å². The van der Waals surface area contributed by atoms with E-state index in [0.717, 1.165) is 29.9 Å². The van der Waals surface area contributed by atoms with Crippen molar-refractivity contribution in [3.63, 3.8) is 0 Å². The van der Waals surface area contributed by atoms with E-state index < -0.39 is 0 Å². The van der Waals surface area contributed by atoms with Gasteiger partial charge in [0.15, 0.2) is 5.82 Å². The third kappa shape index (κ3) is 1.76. The van der Waals surface area contributed by atoms with Crippen LogP contribution in [0.15, 0.2) is 18.6 Å². The molecule has 0 spiro atoms. The fourth-order valence-electron chi connectivity index (χ4n) is 2.26. The number of nitrogens with one attached hydrogen (secondary N) is 1. The Morgan fingerprint density at radius 1 is 1.47 bits per heavy atom. The minimum Gasteiger partial charge on any atom is -0.376 e. The lowest BCUT2D eigenvalue weighted by Gasteiger charge is -2.16. The first-order chi connectivity index (χ1) is 8.25. The van der Waals surface area contributed by atoms with Gasteiger partial charge in [0.1, 0.15) is 5.52 Å². The third-order valence-electron chi connectivity index (χ3n) is 3.34. The summed E-state index contributed by atoms with van der Waals surface area (Å²) in [6, 6.07) is 2.30. The van der Waals surface area contributed by atoms with E-state index in [1.165, 1.54) is 0 Å². The van der Waals surface area contributed by atoms with Crippen LogP contribution in [0.3, 0.4) is 0 Å². The van der Waals surface area contributed by atoms with Gasteiger partial charge in [0.05, 0.1) is 24.0 Å². The molecule has 1 N–H and O–H groups in total. The van der Waals surface area contributed by atoms with Crippen LogP contribution in [0, 0.1) is 0 Å². The largest absolute Gasteiger partial charge is 0.376 e. The summed E-state index contributed by atoms with van der Waals surface area (Å²) in [7, 11) is 1.99. The molecule has 1 saturated heterocycles. The van der Waals surface area contributed by atoms with Gasteiger partial charge in [0, 0.05) is 19.9 Å². The molecule has 0 aliphatic carbocycles. The standard InChI is InChI=1S/C12H16N4O/c1-8-9(4-6-17-8)15-12-11-10(3-5-13-12)16(2)7-14-11/h3,5,7-9H,4,6H2,1-2H3,(H,13,15). The van der Waals surface area contributed by atoms with Gasteiger partial charge in [-0.1, -0.05) is 0 Å². The average molecular weight is 232 g/mol. The number of nitrogens with zero attached hydrogens (tertiary/aromatic N) is 3. The summed E-state index contributed by atoms with van der Waals surface area (Å²) in [5.74, 6) is 0.852. The van der Waals surface area contributed by atoms with Gasteiger partial charge in [-0.05, 0) is 19.4 Å². The molecule has 5 heteroatoms. The predicted octanol–water partition coefficient (Wildman–Crippen LogP) is 1.56. The molecule has 3 heterocycles. The maximum atomic E-state index is 5.54. The van der Waals surface area contributed by atoms with Crippen LogP contribution in [-0.4, -0.2) is 33.3 Å². The molecule has 1 aliphatic heterocycles. The minimum absolute atomic E-state index is 0.232. The number of ether oxygens (including phenoxy) is 1. The van der Waals surface area contributed by atoms with Crippen molar-refractivity contribution in [1.82, 2.24) is 14.5 Å². The van der Waals surface area contributed by atoms with Gasteiger partial charge in [-0.25, -0.2) is 9.97 Å². The molecule has 17 heavy (non-hydrogen) atoms. The predicted molar refractivity (Wildman–Crippen MR) is 66.0 cm³/mol. The van der Waals surface area contributed by atoms with Gasteiger partial charge in [-0.15, -0.1) is 0 Å². The summed E-state index contributed by atoms with van der Waals surface area (Å²) < 4.78 is 7.54. The van der Waals surface area contributed by atoms with E-state index in [-0.39, 0.29) is 6.10 Å². The normalized spacial score (nSPS) is 24.4. The second-order valence-corrected chi connectivity index (χ2v) is 4.50. The number of hydrogen-bond donors (Lipinski definition) is 1. The van der Waals surface area contributed by atoms with Crippen LogP contribution in [0.2, 0.25) is 0 Å². The van der Waals surface area contributed by atoms with E-state index in [1.807, 2.05) is 30.2 Å². The van der Waals surface area contributed by atoms with Crippen molar-refractivity contribution in [2.45, 2.75) is 25.5 Å². The average Bonchev–Trinajstić information content (AvgIpc) is 2.89. The second-order valence-electron chi connectivity index (χ2n) is 4.50. The van der Waals surface area contributed by atoms with Crippen LogP contribution in [-0.2, 0) is 11.8 Å². The fourth-order valence-corrected chi connectivity index (χ4v) is 2.26. The van der Waals surface area contributed by atoms with Gasteiger partial charge in [-0.2, -0.15) is 0 Å². The Bertz CT molecular complexity index is 536. The Balaban J connectivity index is 1.94. The molecule has 0 saturated carbocycles. The Morgan fingerprint density at radius 2 is 2.35 bits per heavy atom. The maximum Gasteiger partial charge on any atom is 0.154 e. The third-order valence-corrected chi connectivity index (χ3v) is 3.34. The maximum absolute atomic E-state index is 5.54. The summed E-state index contributed by atoms with van der Waals surface area (Å²) in [5, 5.41) is 3.44. The Labute approximate surface area is 99.8 Å². The van der Waals surface area contributed by atoms with E-state index in [9.17, 15) is 0 Å². The molecule has 3 rings (SSSR count). The zero-order chi connectivity index (χ0) is 11.8. The van der Waals surface area contributed by atoms with E-state index >= 15 is 0 Å².